The largest absolute Gasteiger partial charge is 0.460 e. The Hall–Kier alpha value is -0.610. The third-order valence-corrected chi connectivity index (χ3v) is 7.31. The van der Waals surface area contributed by atoms with E-state index in [-0.39, 0.29) is 11.6 Å². The summed E-state index contributed by atoms with van der Waals surface area (Å²) in [4.78, 5) is 13.6. The van der Waals surface area contributed by atoms with E-state index in [1.807, 2.05) is 20.8 Å². The topological polar surface area (TPSA) is 38.8 Å². The van der Waals surface area contributed by atoms with Crippen LogP contribution < -0.4 is 0 Å². The van der Waals surface area contributed by atoms with Gasteiger partial charge in [-0.1, -0.05) is 172 Å². The van der Waals surface area contributed by atoms with E-state index < -0.39 is 0 Å². The Morgan fingerprint density at radius 3 is 1.06 bits per heavy atom. The smallest absolute Gasteiger partial charge is 0.306 e. The van der Waals surface area contributed by atoms with Crippen molar-refractivity contribution in [3.8, 4) is 0 Å². The van der Waals surface area contributed by atoms with E-state index in [2.05, 4.69) is 171 Å². The molecule has 0 aromatic rings. The number of carbonyl (C=O) groups excluding carboxylic acids is 1. The van der Waals surface area contributed by atoms with Gasteiger partial charge in [-0.05, 0) is 107 Å². The molecule has 0 heterocycles. The summed E-state index contributed by atoms with van der Waals surface area (Å²) in [6.07, 6.45) is 5.86. The molecule has 4 nitrogen and oxygen atoms in total. The van der Waals surface area contributed by atoms with Gasteiger partial charge >= 0.3 is 5.97 Å². The van der Waals surface area contributed by atoms with Gasteiger partial charge in [0.1, 0.15) is 5.60 Å². The number of nitrogens with zero attached hydrogens (tertiary/aromatic N) is 1. The van der Waals surface area contributed by atoms with Gasteiger partial charge in [-0.15, -0.1) is 0 Å². The van der Waals surface area contributed by atoms with Crippen LogP contribution in [0.3, 0.4) is 0 Å². The monoisotopic (exact) mass is 734 g/mol. The molecule has 0 aliphatic carbocycles. The van der Waals surface area contributed by atoms with Crippen molar-refractivity contribution < 1.29 is 14.3 Å². The molecule has 0 aliphatic rings. The van der Waals surface area contributed by atoms with Crippen LogP contribution in [0.5, 0.6) is 0 Å². The van der Waals surface area contributed by atoms with Gasteiger partial charge in [0.05, 0.1) is 0 Å². The molecule has 1 unspecified atom stereocenters. The molecule has 0 amide bonds. The summed E-state index contributed by atoms with van der Waals surface area (Å²) in [6.45, 7) is 56.5. The molecule has 0 aliphatic heterocycles. The second-order valence-electron chi connectivity index (χ2n) is 20.1. The van der Waals surface area contributed by atoms with Crippen LogP contribution in [-0.4, -0.2) is 50.8 Å². The lowest BCUT2D eigenvalue weighted by molar-refractivity contribution is -0.156. The fourth-order valence-corrected chi connectivity index (χ4v) is 3.75. The average molecular weight is 734 g/mol. The van der Waals surface area contributed by atoms with Crippen LogP contribution in [-0.2, 0) is 14.3 Å². The Morgan fingerprint density at radius 2 is 0.980 bits per heavy atom. The fraction of sp³-hybridized carbons (Fsp3) is 0.979. The number of rotatable bonds is 12. The molecule has 0 radical (unpaired) electrons. The Bertz CT molecular complexity index is 625. The van der Waals surface area contributed by atoms with E-state index in [0.717, 1.165) is 42.1 Å². The predicted octanol–water partition coefficient (Wildman–Crippen LogP) is 15.4. The summed E-state index contributed by atoms with van der Waals surface area (Å²) < 4.78 is 10.0. The summed E-state index contributed by atoms with van der Waals surface area (Å²) >= 11 is 0. The van der Waals surface area contributed by atoms with Crippen molar-refractivity contribution in [1.82, 2.24) is 4.90 Å². The lowest BCUT2D eigenvalue weighted by Crippen LogP contribution is -2.25. The number of methoxy groups -OCH3 is 1. The van der Waals surface area contributed by atoms with E-state index in [1.54, 1.807) is 7.11 Å². The molecule has 318 valence electrons. The summed E-state index contributed by atoms with van der Waals surface area (Å²) in [6, 6.07) is 0. The average Bonchev–Trinajstić information content (AvgIpc) is 2.87. The van der Waals surface area contributed by atoms with Crippen molar-refractivity contribution in [1.29, 1.82) is 0 Å². The maximum absolute atomic E-state index is 11.4. The first-order valence-corrected chi connectivity index (χ1v) is 21.1. The Balaban J connectivity index is -0.0000000911. The molecule has 0 rings (SSSR count). The SMILES string of the molecule is CC(C)C(C)C.CC(C)C(C)CC(=O)OC(C)(C)C.CC(C)CC(C)(C)C.CC(C)CN(C)C.CCC(C)C.CCCC(C)C.COCC(C)C. The number of hydrogen-bond donors (Lipinski definition) is 0. The van der Waals surface area contributed by atoms with Crippen LogP contribution in [0.25, 0.3) is 0 Å². The zero-order valence-corrected chi connectivity index (χ0v) is 41.3. The summed E-state index contributed by atoms with van der Waals surface area (Å²) in [5.41, 5.74) is 0.169. The molecule has 0 bridgehead atoms. The summed E-state index contributed by atoms with van der Waals surface area (Å²) in [5.74, 6) is 6.65. The maximum atomic E-state index is 11.4. The van der Waals surface area contributed by atoms with E-state index in [1.165, 1.54) is 32.2 Å². The molecule has 4 heteroatoms. The lowest BCUT2D eigenvalue weighted by atomic mass is 9.86. The van der Waals surface area contributed by atoms with Gasteiger partial charge in [-0.25, -0.2) is 0 Å². The van der Waals surface area contributed by atoms with E-state index in [4.69, 9.17) is 9.47 Å². The zero-order chi connectivity index (χ0) is 42.7. The molecule has 0 aromatic carbocycles. The number of hydrogen-bond acceptors (Lipinski definition) is 4. The Labute approximate surface area is 328 Å². The van der Waals surface area contributed by atoms with Crippen molar-refractivity contribution in [2.45, 2.75) is 211 Å². The van der Waals surface area contributed by atoms with Crippen LogP contribution in [0.2, 0.25) is 0 Å². The first-order valence-electron chi connectivity index (χ1n) is 21.1. The quantitative estimate of drug-likeness (QED) is 0.187. The number of carbonyl (C=O) groups is 1. The highest BCUT2D eigenvalue weighted by molar-refractivity contribution is 5.70. The van der Waals surface area contributed by atoms with Gasteiger partial charge in [0, 0.05) is 20.1 Å². The van der Waals surface area contributed by atoms with Gasteiger partial charge in [-0.3, -0.25) is 4.79 Å². The van der Waals surface area contributed by atoms with Gasteiger partial charge < -0.3 is 14.4 Å². The van der Waals surface area contributed by atoms with E-state index in [0.29, 0.717) is 29.6 Å². The molecule has 0 saturated heterocycles. The minimum absolute atomic E-state index is 0.0892. The van der Waals surface area contributed by atoms with Crippen molar-refractivity contribution >= 4 is 5.97 Å². The molecule has 0 saturated carbocycles. The first kappa shape index (κ1) is 65.3. The van der Waals surface area contributed by atoms with Crippen LogP contribution in [0.4, 0.5) is 0 Å². The standard InChI is InChI=1S/C11H22O2.C8H18.C6H15N.2C6H14.C5H12O.C5H12/c1-8(2)9(3)7-10(12)13-11(4,5)6;1-7(2)6-8(3,4)5;1-6(2)5-7(3)4;1-5(2)6(3)4;1-4-5-6(2)3;1-5(2)4-6-3;1-4-5(2)3/h8-9H,7H2,1-6H3;7H,6H2,1-5H3;6H,5H2,1-4H3;5-6H,1-4H3;6H,4-5H2,1-3H3;5H,4H2,1-3H3;5H,4H2,1-3H3. The second-order valence-corrected chi connectivity index (χ2v) is 20.1. The minimum atomic E-state index is -0.353. The van der Waals surface area contributed by atoms with Crippen molar-refractivity contribution in [3.63, 3.8) is 0 Å². The highest BCUT2D eigenvalue weighted by Gasteiger charge is 2.19. The van der Waals surface area contributed by atoms with Crippen molar-refractivity contribution in [2.75, 3.05) is 34.4 Å². The zero-order valence-electron chi connectivity index (χ0n) is 41.3. The van der Waals surface area contributed by atoms with Crippen LogP contribution in [0, 0.1) is 58.7 Å². The third-order valence-electron chi connectivity index (χ3n) is 7.31. The molecule has 0 N–H and O–H groups in total. The summed E-state index contributed by atoms with van der Waals surface area (Å²) in [5, 5.41) is 0. The van der Waals surface area contributed by atoms with E-state index >= 15 is 0 Å². The molecule has 0 spiro atoms. The van der Waals surface area contributed by atoms with Crippen LogP contribution in [0.1, 0.15) is 205 Å². The minimum Gasteiger partial charge on any atom is -0.460 e. The maximum Gasteiger partial charge on any atom is 0.306 e. The van der Waals surface area contributed by atoms with Gasteiger partial charge in [0.25, 0.3) is 0 Å². The normalized spacial score (nSPS) is 11.8. The van der Waals surface area contributed by atoms with Gasteiger partial charge in [0.15, 0.2) is 0 Å². The third kappa shape index (κ3) is 99.5. The molecule has 0 aromatic heterocycles. The Kier molecular flexibility index (Phi) is 51.9. The molecule has 51 heavy (non-hydrogen) atoms. The van der Waals surface area contributed by atoms with Crippen molar-refractivity contribution in [3.05, 3.63) is 0 Å². The Morgan fingerprint density at radius 1 is 0.588 bits per heavy atom. The van der Waals surface area contributed by atoms with Gasteiger partial charge in [-0.2, -0.15) is 0 Å². The van der Waals surface area contributed by atoms with Gasteiger partial charge in [0.2, 0.25) is 0 Å². The molecular formula is C47H107NO3. The molecular weight excluding hydrogens is 627 g/mol. The number of ether oxygens (including phenoxy) is 2. The van der Waals surface area contributed by atoms with Crippen LogP contribution >= 0.6 is 0 Å². The lowest BCUT2D eigenvalue weighted by Gasteiger charge is -2.22. The molecule has 1 atom stereocenters. The van der Waals surface area contributed by atoms with Crippen molar-refractivity contribution in [2.24, 2.45) is 58.7 Å². The van der Waals surface area contributed by atoms with E-state index in [9.17, 15) is 4.79 Å². The first-order chi connectivity index (χ1) is 22.7. The fourth-order valence-electron chi connectivity index (χ4n) is 3.75. The highest BCUT2D eigenvalue weighted by Crippen LogP contribution is 2.23. The summed E-state index contributed by atoms with van der Waals surface area (Å²) in [7, 11) is 5.92. The highest BCUT2D eigenvalue weighted by atomic mass is 16.6. The van der Waals surface area contributed by atoms with Crippen LogP contribution in [0.15, 0.2) is 0 Å². The predicted molar refractivity (Wildman–Crippen MR) is 238 cm³/mol. The molecule has 0 fully saturated rings. The second kappa shape index (κ2) is 40.6. The number of esters is 1.